The Morgan fingerprint density at radius 1 is 1.04 bits per heavy atom. The van der Waals surface area contributed by atoms with Crippen molar-refractivity contribution >= 4 is 23.4 Å². The zero-order valence-corrected chi connectivity index (χ0v) is 14.7. The molecule has 136 valence electrons. The van der Waals surface area contributed by atoms with Gasteiger partial charge >= 0.3 is 5.97 Å². The molecule has 0 aliphatic rings. The van der Waals surface area contributed by atoms with Crippen LogP contribution in [0.4, 0.5) is 11.5 Å². The predicted molar refractivity (Wildman–Crippen MR) is 102 cm³/mol. The fourth-order valence-corrected chi connectivity index (χ4v) is 2.44. The molecule has 7 heteroatoms. The number of hydrogen-bond donors (Lipinski definition) is 2. The zero-order valence-electron chi connectivity index (χ0n) is 14.7. The van der Waals surface area contributed by atoms with E-state index in [1.807, 2.05) is 12.1 Å². The van der Waals surface area contributed by atoms with Crippen molar-refractivity contribution in [2.24, 2.45) is 0 Å². The van der Waals surface area contributed by atoms with Crippen molar-refractivity contribution in [1.82, 2.24) is 9.97 Å². The van der Waals surface area contributed by atoms with Gasteiger partial charge in [0.25, 0.3) is 5.91 Å². The van der Waals surface area contributed by atoms with Gasteiger partial charge < -0.3 is 15.4 Å². The summed E-state index contributed by atoms with van der Waals surface area (Å²) in [6.45, 7) is 0.561. The Morgan fingerprint density at radius 3 is 2.59 bits per heavy atom. The lowest BCUT2D eigenvalue weighted by Gasteiger charge is -2.11. The number of methoxy groups -OCH3 is 1. The molecule has 3 aromatic rings. The summed E-state index contributed by atoms with van der Waals surface area (Å²) in [5.41, 5.74) is 2.14. The van der Waals surface area contributed by atoms with Crippen LogP contribution in [-0.2, 0) is 11.3 Å². The third-order valence-electron chi connectivity index (χ3n) is 3.83. The summed E-state index contributed by atoms with van der Waals surface area (Å²) < 4.78 is 4.74. The van der Waals surface area contributed by atoms with Crippen LogP contribution in [0.2, 0.25) is 0 Å². The highest BCUT2D eigenvalue weighted by molar-refractivity contribution is 6.08. The van der Waals surface area contributed by atoms with E-state index in [4.69, 9.17) is 4.74 Å². The fraction of sp³-hybridized carbons (Fsp3) is 0.100. The number of hydrogen-bond acceptors (Lipinski definition) is 6. The van der Waals surface area contributed by atoms with Crippen LogP contribution in [0.5, 0.6) is 0 Å². The van der Waals surface area contributed by atoms with Crippen molar-refractivity contribution in [3.8, 4) is 0 Å². The van der Waals surface area contributed by atoms with Gasteiger partial charge in [-0.2, -0.15) is 0 Å². The van der Waals surface area contributed by atoms with Crippen LogP contribution in [0, 0.1) is 0 Å². The van der Waals surface area contributed by atoms with Crippen molar-refractivity contribution in [2.45, 2.75) is 6.54 Å². The molecule has 2 aromatic heterocycles. The minimum Gasteiger partial charge on any atom is -0.465 e. The second-order valence-electron chi connectivity index (χ2n) is 5.63. The zero-order chi connectivity index (χ0) is 19.1. The smallest absolute Gasteiger partial charge is 0.339 e. The molecule has 0 saturated carbocycles. The normalized spacial score (nSPS) is 10.1. The van der Waals surface area contributed by atoms with Crippen LogP contribution in [0.15, 0.2) is 67.1 Å². The van der Waals surface area contributed by atoms with Gasteiger partial charge in [-0.1, -0.05) is 12.1 Å². The number of para-hydroxylation sites is 1. The van der Waals surface area contributed by atoms with Gasteiger partial charge in [0.15, 0.2) is 0 Å². The molecule has 0 spiro atoms. The van der Waals surface area contributed by atoms with Crippen molar-refractivity contribution in [2.75, 3.05) is 17.7 Å². The molecule has 0 bridgehead atoms. The molecule has 0 atom stereocenters. The molecule has 0 unspecified atom stereocenters. The average Bonchev–Trinajstić information content (AvgIpc) is 2.73. The van der Waals surface area contributed by atoms with Gasteiger partial charge in [0, 0.05) is 30.7 Å². The lowest BCUT2D eigenvalue weighted by Crippen LogP contribution is -2.16. The van der Waals surface area contributed by atoms with E-state index in [9.17, 15) is 9.59 Å². The van der Waals surface area contributed by atoms with E-state index in [0.29, 0.717) is 29.2 Å². The Bertz CT molecular complexity index is 945. The first-order chi connectivity index (χ1) is 13.2. The van der Waals surface area contributed by atoms with Gasteiger partial charge in [0.1, 0.15) is 5.82 Å². The van der Waals surface area contributed by atoms with E-state index >= 15 is 0 Å². The number of ether oxygens (including phenoxy) is 1. The number of nitrogens with zero attached hydrogens (tertiary/aromatic N) is 2. The minimum absolute atomic E-state index is 0.290. The molecule has 2 heterocycles. The molecule has 0 fully saturated rings. The summed E-state index contributed by atoms with van der Waals surface area (Å²) in [4.78, 5) is 32.6. The SMILES string of the molecule is COC(=O)c1ccccc1NC(=O)c1ccnc(NCc2ccncc2)c1. The molecule has 27 heavy (non-hydrogen) atoms. The highest BCUT2D eigenvalue weighted by Gasteiger charge is 2.14. The number of carbonyl (C=O) groups excluding carboxylic acids is 2. The average molecular weight is 362 g/mol. The van der Waals surface area contributed by atoms with Gasteiger partial charge in [-0.15, -0.1) is 0 Å². The van der Waals surface area contributed by atoms with Gasteiger partial charge in [-0.05, 0) is 42.0 Å². The maximum absolute atomic E-state index is 12.6. The monoisotopic (exact) mass is 362 g/mol. The quantitative estimate of drug-likeness (QED) is 0.655. The van der Waals surface area contributed by atoms with E-state index in [1.165, 1.54) is 7.11 Å². The third kappa shape index (κ3) is 4.66. The number of amides is 1. The maximum atomic E-state index is 12.6. The summed E-state index contributed by atoms with van der Waals surface area (Å²) in [7, 11) is 1.30. The van der Waals surface area contributed by atoms with Crippen molar-refractivity contribution in [3.05, 3.63) is 83.8 Å². The Morgan fingerprint density at radius 2 is 1.81 bits per heavy atom. The van der Waals surface area contributed by atoms with Crippen molar-refractivity contribution in [1.29, 1.82) is 0 Å². The second kappa shape index (κ2) is 8.57. The summed E-state index contributed by atoms with van der Waals surface area (Å²) in [6.07, 6.45) is 4.98. The summed E-state index contributed by atoms with van der Waals surface area (Å²) in [5.74, 6) is -0.290. The van der Waals surface area contributed by atoms with E-state index < -0.39 is 5.97 Å². The molecular formula is C20H18N4O3. The van der Waals surface area contributed by atoms with Crippen LogP contribution >= 0.6 is 0 Å². The van der Waals surface area contributed by atoms with Crippen LogP contribution in [0.3, 0.4) is 0 Å². The van der Waals surface area contributed by atoms with E-state index in [1.54, 1.807) is 55.0 Å². The van der Waals surface area contributed by atoms with Crippen molar-refractivity contribution in [3.63, 3.8) is 0 Å². The lowest BCUT2D eigenvalue weighted by molar-refractivity contribution is 0.0602. The molecule has 3 rings (SSSR count). The number of anilines is 2. The van der Waals surface area contributed by atoms with E-state index in [0.717, 1.165) is 5.56 Å². The van der Waals surface area contributed by atoms with E-state index in [2.05, 4.69) is 20.6 Å². The molecule has 0 radical (unpaired) electrons. The standard InChI is InChI=1S/C20H18N4O3/c1-27-20(26)16-4-2-3-5-17(16)24-19(25)15-8-11-22-18(12-15)23-13-14-6-9-21-10-7-14/h2-12H,13H2,1H3,(H,22,23)(H,24,25). The number of benzene rings is 1. The fourth-order valence-electron chi connectivity index (χ4n) is 2.44. The maximum Gasteiger partial charge on any atom is 0.339 e. The largest absolute Gasteiger partial charge is 0.465 e. The Balaban J connectivity index is 1.72. The Labute approximate surface area is 156 Å². The number of carbonyl (C=O) groups is 2. The van der Waals surface area contributed by atoms with Crippen LogP contribution < -0.4 is 10.6 Å². The van der Waals surface area contributed by atoms with Gasteiger partial charge in [-0.25, -0.2) is 9.78 Å². The number of esters is 1. The van der Waals surface area contributed by atoms with Gasteiger partial charge in [0.2, 0.25) is 0 Å². The van der Waals surface area contributed by atoms with Crippen LogP contribution in [0.25, 0.3) is 0 Å². The lowest BCUT2D eigenvalue weighted by atomic mass is 10.1. The van der Waals surface area contributed by atoms with Gasteiger partial charge in [-0.3, -0.25) is 9.78 Å². The molecule has 1 aromatic carbocycles. The minimum atomic E-state index is -0.514. The van der Waals surface area contributed by atoms with Crippen LogP contribution in [-0.4, -0.2) is 29.0 Å². The first-order valence-electron chi connectivity index (χ1n) is 8.25. The number of nitrogens with one attached hydrogen (secondary N) is 2. The topological polar surface area (TPSA) is 93.2 Å². The first-order valence-corrected chi connectivity index (χ1v) is 8.25. The highest BCUT2D eigenvalue weighted by Crippen LogP contribution is 2.18. The molecule has 7 nitrogen and oxygen atoms in total. The predicted octanol–water partition coefficient (Wildman–Crippen LogP) is 3.13. The first kappa shape index (κ1) is 18.1. The third-order valence-corrected chi connectivity index (χ3v) is 3.83. The molecule has 1 amide bonds. The van der Waals surface area contributed by atoms with Crippen LogP contribution in [0.1, 0.15) is 26.3 Å². The summed E-state index contributed by atoms with van der Waals surface area (Å²) in [6, 6.07) is 13.7. The van der Waals surface area contributed by atoms with Crippen molar-refractivity contribution < 1.29 is 14.3 Å². The highest BCUT2D eigenvalue weighted by atomic mass is 16.5. The molecule has 2 N–H and O–H groups in total. The summed E-state index contributed by atoms with van der Waals surface area (Å²) >= 11 is 0. The molecule has 0 aliphatic carbocycles. The van der Waals surface area contributed by atoms with Gasteiger partial charge in [0.05, 0.1) is 18.4 Å². The van der Waals surface area contributed by atoms with E-state index in [-0.39, 0.29) is 5.91 Å². The molecule has 0 saturated heterocycles. The number of pyridine rings is 2. The number of rotatable bonds is 6. The Kier molecular flexibility index (Phi) is 5.73. The summed E-state index contributed by atoms with van der Waals surface area (Å²) in [5, 5.41) is 5.91. The second-order valence-corrected chi connectivity index (χ2v) is 5.63. The molecular weight excluding hydrogens is 344 g/mol. The molecule has 0 aliphatic heterocycles. The Hall–Kier alpha value is -3.74. The number of aromatic nitrogens is 2.